The first-order valence-electron chi connectivity index (χ1n) is 7.37. The molecule has 0 aliphatic heterocycles. The van der Waals surface area contributed by atoms with Gasteiger partial charge in [0, 0.05) is 29.1 Å². The van der Waals surface area contributed by atoms with E-state index in [1.165, 1.54) is 0 Å². The molecule has 4 nitrogen and oxygen atoms in total. The summed E-state index contributed by atoms with van der Waals surface area (Å²) in [7, 11) is 0. The third kappa shape index (κ3) is 4.16. The van der Waals surface area contributed by atoms with Gasteiger partial charge in [-0.15, -0.1) is 0 Å². The molecule has 0 saturated carbocycles. The number of benzene rings is 2. The number of carbonyl (C=O) groups is 1. The molecule has 0 unspecified atom stereocenters. The lowest BCUT2D eigenvalue weighted by atomic mass is 10.2. The Bertz CT molecular complexity index is 844. The van der Waals surface area contributed by atoms with E-state index < -0.39 is 0 Å². The highest BCUT2D eigenvalue weighted by atomic mass is 35.5. The molecule has 3 rings (SSSR count). The monoisotopic (exact) mass is 360 g/mol. The van der Waals surface area contributed by atoms with Gasteiger partial charge in [-0.1, -0.05) is 35.3 Å². The Labute approximate surface area is 149 Å². The lowest BCUT2D eigenvalue weighted by molar-refractivity contribution is -0.116. The minimum Gasteiger partial charge on any atom is -0.441 e. The van der Waals surface area contributed by atoms with Gasteiger partial charge in [0.15, 0.2) is 11.7 Å². The quantitative estimate of drug-likeness (QED) is 0.678. The molecule has 3 aromatic rings. The Kier molecular flexibility index (Phi) is 5.18. The van der Waals surface area contributed by atoms with Gasteiger partial charge in [-0.05, 0) is 36.4 Å². The van der Waals surface area contributed by atoms with Crippen molar-refractivity contribution in [2.45, 2.75) is 12.8 Å². The first kappa shape index (κ1) is 16.6. The first-order valence-corrected chi connectivity index (χ1v) is 8.12. The van der Waals surface area contributed by atoms with E-state index in [9.17, 15) is 4.79 Å². The second-order valence-electron chi connectivity index (χ2n) is 5.15. The van der Waals surface area contributed by atoms with Crippen LogP contribution in [0.15, 0.2) is 59.1 Å². The van der Waals surface area contributed by atoms with Crippen molar-refractivity contribution in [1.82, 2.24) is 4.98 Å². The summed E-state index contributed by atoms with van der Waals surface area (Å²) in [6.45, 7) is 0. The number of aryl methyl sites for hydroxylation is 1. The number of rotatable bonds is 5. The molecule has 6 heteroatoms. The van der Waals surface area contributed by atoms with Crippen molar-refractivity contribution < 1.29 is 9.21 Å². The highest BCUT2D eigenvalue weighted by Gasteiger charge is 2.11. The second-order valence-corrected chi connectivity index (χ2v) is 6.00. The Morgan fingerprint density at radius 3 is 2.58 bits per heavy atom. The molecule has 1 amide bonds. The number of hydrogen-bond donors (Lipinski definition) is 1. The Morgan fingerprint density at radius 2 is 1.83 bits per heavy atom. The van der Waals surface area contributed by atoms with Crippen LogP contribution in [0, 0.1) is 0 Å². The summed E-state index contributed by atoms with van der Waals surface area (Å²) in [6, 6.07) is 14.3. The van der Waals surface area contributed by atoms with Crippen molar-refractivity contribution in [3.8, 4) is 11.3 Å². The van der Waals surface area contributed by atoms with Gasteiger partial charge in [0.05, 0.1) is 11.2 Å². The second kappa shape index (κ2) is 7.51. The minimum absolute atomic E-state index is 0.116. The maximum absolute atomic E-state index is 12.0. The lowest BCUT2D eigenvalue weighted by Crippen LogP contribution is -2.12. The van der Waals surface area contributed by atoms with E-state index in [1.807, 2.05) is 18.2 Å². The van der Waals surface area contributed by atoms with E-state index in [0.29, 0.717) is 33.8 Å². The zero-order valence-electron chi connectivity index (χ0n) is 12.6. The summed E-state index contributed by atoms with van der Waals surface area (Å²) in [5, 5.41) is 4.02. The van der Waals surface area contributed by atoms with E-state index in [1.54, 1.807) is 36.5 Å². The topological polar surface area (TPSA) is 55.1 Å². The van der Waals surface area contributed by atoms with Gasteiger partial charge < -0.3 is 9.73 Å². The van der Waals surface area contributed by atoms with Crippen LogP contribution in [0.5, 0.6) is 0 Å². The van der Waals surface area contributed by atoms with Crippen LogP contribution in [0.4, 0.5) is 5.69 Å². The molecular weight excluding hydrogens is 347 g/mol. The molecule has 0 saturated heterocycles. The van der Waals surface area contributed by atoms with Crippen LogP contribution < -0.4 is 5.32 Å². The van der Waals surface area contributed by atoms with Crippen LogP contribution in [0.2, 0.25) is 10.0 Å². The molecule has 0 fully saturated rings. The van der Waals surface area contributed by atoms with Crippen molar-refractivity contribution in [3.63, 3.8) is 0 Å². The average Bonchev–Trinajstić information content (AvgIpc) is 3.04. The number of aromatic nitrogens is 1. The number of amides is 1. The van der Waals surface area contributed by atoms with Crippen LogP contribution >= 0.6 is 23.2 Å². The smallest absolute Gasteiger partial charge is 0.224 e. The molecule has 122 valence electrons. The van der Waals surface area contributed by atoms with E-state index in [2.05, 4.69) is 10.3 Å². The maximum atomic E-state index is 12.0. The maximum Gasteiger partial charge on any atom is 0.224 e. The predicted octanol–water partition coefficient (Wildman–Crippen LogP) is 5.22. The molecule has 0 spiro atoms. The number of oxazole rings is 1. The van der Waals surface area contributed by atoms with Crippen molar-refractivity contribution in [1.29, 1.82) is 0 Å². The summed E-state index contributed by atoms with van der Waals surface area (Å²) >= 11 is 11.9. The number of halogens is 2. The van der Waals surface area contributed by atoms with Crippen LogP contribution in [-0.2, 0) is 11.2 Å². The van der Waals surface area contributed by atoms with Crippen LogP contribution in [0.25, 0.3) is 11.3 Å². The van der Waals surface area contributed by atoms with Gasteiger partial charge in [-0.3, -0.25) is 4.79 Å². The summed E-state index contributed by atoms with van der Waals surface area (Å²) < 4.78 is 5.67. The summed E-state index contributed by atoms with van der Waals surface area (Å²) in [5.74, 6) is 0.972. The normalized spacial score (nSPS) is 10.6. The molecular formula is C18H14Cl2N2O2. The molecule has 0 bridgehead atoms. The Morgan fingerprint density at radius 1 is 1.08 bits per heavy atom. The van der Waals surface area contributed by atoms with Gasteiger partial charge in [0.1, 0.15) is 0 Å². The average molecular weight is 361 g/mol. The number of hydrogen-bond acceptors (Lipinski definition) is 3. The highest BCUT2D eigenvalue weighted by Crippen LogP contribution is 2.28. The SMILES string of the molecule is O=C(CCc1ncc(-c2ccccc2Cl)o1)Nc1ccc(Cl)cc1. The molecule has 24 heavy (non-hydrogen) atoms. The Balaban J connectivity index is 1.58. The molecule has 1 heterocycles. The standard InChI is InChI=1S/C18H14Cl2N2O2/c19-12-5-7-13(8-6-12)22-17(23)9-10-18-21-11-16(24-18)14-3-1-2-4-15(14)20/h1-8,11H,9-10H2,(H,22,23). The zero-order chi connectivity index (χ0) is 16.9. The van der Waals surface area contributed by atoms with Crippen LogP contribution in [-0.4, -0.2) is 10.9 Å². The first-order chi connectivity index (χ1) is 11.6. The predicted molar refractivity (Wildman–Crippen MR) is 95.4 cm³/mol. The third-order valence-corrected chi connectivity index (χ3v) is 3.97. The third-order valence-electron chi connectivity index (χ3n) is 3.39. The molecule has 0 radical (unpaired) electrons. The lowest BCUT2D eigenvalue weighted by Gasteiger charge is -2.04. The van der Waals surface area contributed by atoms with Gasteiger partial charge >= 0.3 is 0 Å². The van der Waals surface area contributed by atoms with Crippen LogP contribution in [0.3, 0.4) is 0 Å². The highest BCUT2D eigenvalue weighted by molar-refractivity contribution is 6.33. The Hall–Kier alpha value is -2.30. The molecule has 1 aromatic heterocycles. The molecule has 0 aliphatic carbocycles. The van der Waals surface area contributed by atoms with Gasteiger partial charge in [-0.2, -0.15) is 0 Å². The molecule has 2 aromatic carbocycles. The number of carbonyl (C=O) groups excluding carboxylic acids is 1. The fourth-order valence-electron chi connectivity index (χ4n) is 2.19. The molecule has 1 N–H and O–H groups in total. The number of nitrogens with zero attached hydrogens (tertiary/aromatic N) is 1. The van der Waals surface area contributed by atoms with Gasteiger partial charge in [-0.25, -0.2) is 4.98 Å². The fraction of sp³-hybridized carbons (Fsp3) is 0.111. The summed E-state index contributed by atoms with van der Waals surface area (Å²) in [4.78, 5) is 16.2. The number of anilines is 1. The van der Waals surface area contributed by atoms with E-state index >= 15 is 0 Å². The van der Waals surface area contributed by atoms with Gasteiger partial charge in [0.2, 0.25) is 5.91 Å². The van der Waals surface area contributed by atoms with E-state index in [0.717, 1.165) is 5.56 Å². The molecule has 0 aliphatic rings. The largest absolute Gasteiger partial charge is 0.441 e. The fourth-order valence-corrected chi connectivity index (χ4v) is 2.54. The van der Waals surface area contributed by atoms with Crippen molar-refractivity contribution in [2.75, 3.05) is 5.32 Å². The number of nitrogens with one attached hydrogen (secondary N) is 1. The van der Waals surface area contributed by atoms with Crippen molar-refractivity contribution in [3.05, 3.63) is 70.7 Å². The zero-order valence-corrected chi connectivity index (χ0v) is 14.1. The molecule has 0 atom stereocenters. The van der Waals surface area contributed by atoms with E-state index in [4.69, 9.17) is 27.6 Å². The van der Waals surface area contributed by atoms with E-state index in [-0.39, 0.29) is 12.3 Å². The minimum atomic E-state index is -0.116. The van der Waals surface area contributed by atoms with Crippen molar-refractivity contribution >= 4 is 34.8 Å². The summed E-state index contributed by atoms with van der Waals surface area (Å²) in [5.41, 5.74) is 1.48. The van der Waals surface area contributed by atoms with Crippen LogP contribution in [0.1, 0.15) is 12.3 Å². The van der Waals surface area contributed by atoms with Crippen molar-refractivity contribution in [2.24, 2.45) is 0 Å². The van der Waals surface area contributed by atoms with Gasteiger partial charge in [0.25, 0.3) is 0 Å². The summed E-state index contributed by atoms with van der Waals surface area (Å²) in [6.07, 6.45) is 2.29.